The van der Waals surface area contributed by atoms with Crippen LogP contribution in [0, 0.1) is 11.8 Å². The third-order valence-corrected chi connectivity index (χ3v) is 4.51. The average molecular weight is 238 g/mol. The van der Waals surface area contributed by atoms with Crippen LogP contribution >= 0.6 is 11.3 Å². The Morgan fingerprint density at radius 1 is 1.38 bits per heavy atom. The van der Waals surface area contributed by atoms with Crippen LogP contribution in [0.4, 0.5) is 0 Å². The third kappa shape index (κ3) is 2.46. The van der Waals surface area contributed by atoms with Crippen LogP contribution in [0.2, 0.25) is 0 Å². The summed E-state index contributed by atoms with van der Waals surface area (Å²) in [6, 6.07) is 0. The topological polar surface area (TPSA) is 38.9 Å². The molecule has 0 radical (unpaired) electrons. The van der Waals surface area contributed by atoms with Gasteiger partial charge < -0.3 is 5.73 Å². The van der Waals surface area contributed by atoms with Crippen molar-refractivity contribution in [1.82, 2.24) is 4.98 Å². The van der Waals surface area contributed by atoms with Crippen LogP contribution in [0.1, 0.15) is 44.3 Å². The van der Waals surface area contributed by atoms with E-state index in [0.29, 0.717) is 0 Å². The van der Waals surface area contributed by atoms with Crippen molar-refractivity contribution in [3.05, 3.63) is 16.1 Å². The third-order valence-electron chi connectivity index (χ3n) is 3.63. The number of hydrogen-bond donors (Lipinski definition) is 1. The van der Waals surface area contributed by atoms with E-state index >= 15 is 0 Å². The highest BCUT2D eigenvalue weighted by Gasteiger charge is 2.30. The van der Waals surface area contributed by atoms with Gasteiger partial charge in [-0.1, -0.05) is 20.8 Å². The molecule has 2 N–H and O–H groups in total. The van der Waals surface area contributed by atoms with E-state index < -0.39 is 0 Å². The molecule has 1 aliphatic carbocycles. The van der Waals surface area contributed by atoms with Crippen molar-refractivity contribution >= 4 is 11.3 Å². The zero-order chi connectivity index (χ0) is 11.8. The van der Waals surface area contributed by atoms with Gasteiger partial charge in [0.2, 0.25) is 0 Å². The Kier molecular flexibility index (Phi) is 3.36. The Balaban J connectivity index is 1.98. The highest BCUT2D eigenvalue weighted by atomic mass is 32.1. The van der Waals surface area contributed by atoms with E-state index in [4.69, 9.17) is 10.7 Å². The monoisotopic (exact) mass is 238 g/mol. The Hall–Kier alpha value is -0.410. The molecule has 0 bridgehead atoms. The number of nitrogens with zero attached hydrogens (tertiary/aromatic N) is 1. The van der Waals surface area contributed by atoms with Gasteiger partial charge in [0, 0.05) is 17.2 Å². The summed E-state index contributed by atoms with van der Waals surface area (Å²) in [5.74, 6) is 1.55. The molecule has 16 heavy (non-hydrogen) atoms. The fraction of sp³-hybridized carbons (Fsp3) is 0.769. The molecule has 0 aliphatic heterocycles. The highest BCUT2D eigenvalue weighted by molar-refractivity contribution is 7.09. The van der Waals surface area contributed by atoms with Crippen molar-refractivity contribution in [3.63, 3.8) is 0 Å². The first kappa shape index (κ1) is 12.1. The Morgan fingerprint density at radius 3 is 2.50 bits per heavy atom. The number of thiazole rings is 1. The van der Waals surface area contributed by atoms with E-state index in [0.717, 1.165) is 24.8 Å². The summed E-state index contributed by atoms with van der Waals surface area (Å²) in [7, 11) is 0. The van der Waals surface area contributed by atoms with Crippen molar-refractivity contribution in [2.24, 2.45) is 17.6 Å². The Labute approximate surface area is 102 Å². The van der Waals surface area contributed by atoms with Gasteiger partial charge in [0.1, 0.15) is 0 Å². The summed E-state index contributed by atoms with van der Waals surface area (Å²) in [6.07, 6.45) is 3.80. The maximum atomic E-state index is 5.74. The second-order valence-corrected chi connectivity index (χ2v) is 6.86. The Morgan fingerprint density at radius 2 is 2.06 bits per heavy atom. The summed E-state index contributed by atoms with van der Waals surface area (Å²) in [6.45, 7) is 7.51. The van der Waals surface area contributed by atoms with Crippen LogP contribution in [0.25, 0.3) is 0 Å². The highest BCUT2D eigenvalue weighted by Crippen LogP contribution is 2.37. The van der Waals surface area contributed by atoms with Crippen LogP contribution in [-0.4, -0.2) is 11.5 Å². The van der Waals surface area contributed by atoms with Crippen molar-refractivity contribution in [2.45, 2.75) is 45.4 Å². The standard InChI is InChI=1S/C13H22N2S/c1-13(2,3)11-8-16-12(15-11)6-9-4-5-10(9)7-14/h8-10H,4-7,14H2,1-3H3. The molecule has 0 aromatic carbocycles. The molecule has 1 aliphatic rings. The first-order valence-electron chi connectivity index (χ1n) is 6.15. The molecule has 1 aromatic rings. The summed E-state index contributed by atoms with van der Waals surface area (Å²) < 4.78 is 0. The number of rotatable bonds is 3. The van der Waals surface area contributed by atoms with Gasteiger partial charge in [0.15, 0.2) is 0 Å². The maximum absolute atomic E-state index is 5.74. The average Bonchev–Trinajstić information content (AvgIpc) is 2.61. The Bertz CT molecular complexity index is 349. The maximum Gasteiger partial charge on any atom is 0.0931 e. The summed E-state index contributed by atoms with van der Waals surface area (Å²) in [5, 5.41) is 3.51. The molecule has 1 saturated carbocycles. The second-order valence-electron chi connectivity index (χ2n) is 5.91. The van der Waals surface area contributed by atoms with Crippen LogP contribution in [0.3, 0.4) is 0 Å². The minimum Gasteiger partial charge on any atom is -0.330 e. The van der Waals surface area contributed by atoms with Gasteiger partial charge in [0.25, 0.3) is 0 Å². The fourth-order valence-corrected chi connectivity index (χ4v) is 3.31. The molecule has 0 spiro atoms. The molecule has 1 fully saturated rings. The number of aromatic nitrogens is 1. The molecule has 1 heterocycles. The van der Waals surface area contributed by atoms with Crippen molar-refractivity contribution in [2.75, 3.05) is 6.54 Å². The van der Waals surface area contributed by atoms with E-state index in [2.05, 4.69) is 26.2 Å². The van der Waals surface area contributed by atoms with Crippen LogP contribution < -0.4 is 5.73 Å². The molecule has 2 nitrogen and oxygen atoms in total. The summed E-state index contributed by atoms with van der Waals surface area (Å²) in [4.78, 5) is 4.75. The molecule has 2 unspecified atom stereocenters. The molecule has 1 aromatic heterocycles. The second kappa shape index (κ2) is 4.46. The molecule has 2 atom stereocenters. The zero-order valence-corrected chi connectivity index (χ0v) is 11.3. The molecular weight excluding hydrogens is 216 g/mol. The van der Waals surface area contributed by atoms with Crippen LogP contribution in [0.15, 0.2) is 5.38 Å². The molecule has 90 valence electrons. The predicted octanol–water partition coefficient (Wildman–Crippen LogP) is 2.97. The van der Waals surface area contributed by atoms with Crippen molar-refractivity contribution in [1.29, 1.82) is 0 Å². The van der Waals surface area contributed by atoms with E-state index in [9.17, 15) is 0 Å². The van der Waals surface area contributed by atoms with Crippen LogP contribution in [-0.2, 0) is 11.8 Å². The molecule has 3 heteroatoms. The first-order chi connectivity index (χ1) is 7.50. The molecule has 2 rings (SSSR count). The van der Waals surface area contributed by atoms with Crippen molar-refractivity contribution < 1.29 is 0 Å². The lowest BCUT2D eigenvalue weighted by molar-refractivity contribution is 0.183. The van der Waals surface area contributed by atoms with Gasteiger partial charge in [-0.3, -0.25) is 0 Å². The molecular formula is C13H22N2S. The summed E-state index contributed by atoms with van der Waals surface area (Å²) in [5.41, 5.74) is 7.15. The number of nitrogens with two attached hydrogens (primary N) is 1. The minimum atomic E-state index is 0.182. The first-order valence-corrected chi connectivity index (χ1v) is 7.03. The van der Waals surface area contributed by atoms with Gasteiger partial charge in [-0.15, -0.1) is 11.3 Å². The van der Waals surface area contributed by atoms with Gasteiger partial charge in [0.05, 0.1) is 10.7 Å². The predicted molar refractivity (Wildman–Crippen MR) is 69.8 cm³/mol. The zero-order valence-electron chi connectivity index (χ0n) is 10.5. The van der Waals surface area contributed by atoms with Gasteiger partial charge in [-0.05, 0) is 31.2 Å². The normalized spacial score (nSPS) is 25.5. The molecule has 0 saturated heterocycles. The number of hydrogen-bond acceptors (Lipinski definition) is 3. The largest absolute Gasteiger partial charge is 0.330 e. The van der Waals surface area contributed by atoms with Gasteiger partial charge in [-0.2, -0.15) is 0 Å². The fourth-order valence-electron chi connectivity index (χ4n) is 2.19. The smallest absolute Gasteiger partial charge is 0.0931 e. The molecule has 0 amide bonds. The van der Waals surface area contributed by atoms with E-state index in [1.807, 2.05) is 11.3 Å². The van der Waals surface area contributed by atoms with E-state index in [1.54, 1.807) is 0 Å². The summed E-state index contributed by atoms with van der Waals surface area (Å²) >= 11 is 1.81. The van der Waals surface area contributed by atoms with Crippen molar-refractivity contribution in [3.8, 4) is 0 Å². The SMILES string of the molecule is CC(C)(C)c1csc(CC2CCC2CN)n1. The van der Waals surface area contributed by atoms with E-state index in [1.165, 1.54) is 23.5 Å². The lowest BCUT2D eigenvalue weighted by atomic mass is 9.72. The van der Waals surface area contributed by atoms with Gasteiger partial charge >= 0.3 is 0 Å². The van der Waals surface area contributed by atoms with Gasteiger partial charge in [-0.25, -0.2) is 4.98 Å². The lowest BCUT2D eigenvalue weighted by Crippen LogP contribution is -2.33. The van der Waals surface area contributed by atoms with Crippen LogP contribution in [0.5, 0.6) is 0 Å². The lowest BCUT2D eigenvalue weighted by Gasteiger charge is -2.35. The van der Waals surface area contributed by atoms with E-state index in [-0.39, 0.29) is 5.41 Å². The quantitative estimate of drug-likeness (QED) is 0.879. The minimum absolute atomic E-state index is 0.182.